The van der Waals surface area contributed by atoms with Gasteiger partial charge in [0.25, 0.3) is 11.8 Å². The van der Waals surface area contributed by atoms with E-state index in [4.69, 9.17) is 16.3 Å². The molecule has 6 nitrogen and oxygen atoms in total. The molecule has 0 unspecified atom stereocenters. The van der Waals surface area contributed by atoms with Gasteiger partial charge in [0, 0.05) is 10.6 Å². The van der Waals surface area contributed by atoms with Gasteiger partial charge in [-0.3, -0.25) is 14.9 Å². The highest BCUT2D eigenvalue weighted by molar-refractivity contribution is 6.39. The minimum atomic E-state index is -0.782. The van der Waals surface area contributed by atoms with Crippen molar-refractivity contribution >= 4 is 41.2 Å². The average molecular weight is 489 g/mol. The third kappa shape index (κ3) is 5.12. The number of ether oxygens (including phenoxy) is 1. The Morgan fingerprint density at radius 2 is 1.74 bits per heavy atom. The maximum absolute atomic E-state index is 13.4. The molecule has 1 heterocycles. The standard InChI is InChI=1S/C28H25ClN2O4/c1-4-20-7-5-6-8-24(20)31-27(33)23(26(32)30-28(31)34)15-21-14-22(29)11-12-25(21)35-16-19-10-9-17(2)18(3)13-19/h5-15H,4,16H2,1-3H3,(H,30,32,34)/b23-15-. The molecule has 3 aromatic carbocycles. The van der Waals surface area contributed by atoms with Crippen molar-refractivity contribution in [2.75, 3.05) is 4.90 Å². The monoisotopic (exact) mass is 488 g/mol. The minimum Gasteiger partial charge on any atom is -0.488 e. The molecule has 1 saturated heterocycles. The van der Waals surface area contributed by atoms with Crippen LogP contribution in [-0.4, -0.2) is 17.8 Å². The number of barbiturate groups is 1. The van der Waals surface area contributed by atoms with Crippen molar-refractivity contribution < 1.29 is 19.1 Å². The van der Waals surface area contributed by atoms with Crippen LogP contribution < -0.4 is 15.0 Å². The third-order valence-corrected chi connectivity index (χ3v) is 6.19. The number of halogens is 1. The van der Waals surface area contributed by atoms with Crippen molar-refractivity contribution in [1.29, 1.82) is 0 Å². The van der Waals surface area contributed by atoms with Crippen LogP contribution in [-0.2, 0) is 22.6 Å². The van der Waals surface area contributed by atoms with Gasteiger partial charge in [-0.15, -0.1) is 0 Å². The van der Waals surface area contributed by atoms with Crippen LogP contribution in [0.2, 0.25) is 5.02 Å². The van der Waals surface area contributed by atoms with Gasteiger partial charge in [0.15, 0.2) is 0 Å². The van der Waals surface area contributed by atoms with Gasteiger partial charge >= 0.3 is 6.03 Å². The van der Waals surface area contributed by atoms with Crippen LogP contribution in [0.25, 0.3) is 6.08 Å². The van der Waals surface area contributed by atoms with E-state index in [2.05, 4.69) is 11.4 Å². The number of anilines is 1. The molecule has 3 aromatic rings. The van der Waals surface area contributed by atoms with Crippen molar-refractivity contribution in [3.8, 4) is 5.75 Å². The summed E-state index contributed by atoms with van der Waals surface area (Å²) < 4.78 is 6.03. The Hall–Kier alpha value is -3.90. The number of carbonyl (C=O) groups is 3. The van der Waals surface area contributed by atoms with Crippen molar-refractivity contribution in [2.24, 2.45) is 0 Å². The Bertz CT molecular complexity index is 1360. The highest BCUT2D eigenvalue weighted by Gasteiger charge is 2.37. The van der Waals surface area contributed by atoms with E-state index in [1.54, 1.807) is 30.3 Å². The number of aryl methyl sites for hydroxylation is 3. The number of amides is 4. The largest absolute Gasteiger partial charge is 0.488 e. The quantitative estimate of drug-likeness (QED) is 0.353. The van der Waals surface area contributed by atoms with Crippen LogP contribution in [0.15, 0.2) is 66.2 Å². The maximum Gasteiger partial charge on any atom is 0.335 e. The van der Waals surface area contributed by atoms with Crippen molar-refractivity contribution in [1.82, 2.24) is 5.32 Å². The highest BCUT2D eigenvalue weighted by atomic mass is 35.5. The first kappa shape index (κ1) is 24.2. The van der Waals surface area contributed by atoms with E-state index < -0.39 is 17.8 Å². The highest BCUT2D eigenvalue weighted by Crippen LogP contribution is 2.30. The van der Waals surface area contributed by atoms with Crippen molar-refractivity contribution in [2.45, 2.75) is 33.8 Å². The number of nitrogens with one attached hydrogen (secondary N) is 1. The van der Waals surface area contributed by atoms with Crippen LogP contribution in [0.4, 0.5) is 10.5 Å². The molecule has 0 saturated carbocycles. The molecule has 0 aromatic heterocycles. The van der Waals surface area contributed by atoms with E-state index in [1.807, 2.05) is 45.0 Å². The summed E-state index contributed by atoms with van der Waals surface area (Å²) in [6.45, 7) is 6.31. The zero-order chi connectivity index (χ0) is 25.1. The van der Waals surface area contributed by atoms with E-state index in [9.17, 15) is 14.4 Å². The van der Waals surface area contributed by atoms with Gasteiger partial charge in [0.2, 0.25) is 0 Å². The fraction of sp³-hybridized carbons (Fsp3) is 0.179. The second kappa shape index (κ2) is 10.2. The van der Waals surface area contributed by atoms with Gasteiger partial charge in [-0.05, 0) is 72.9 Å². The Labute approximate surface area is 209 Å². The number of benzene rings is 3. The molecule has 1 aliphatic heterocycles. The van der Waals surface area contributed by atoms with E-state index in [0.29, 0.717) is 35.1 Å². The Morgan fingerprint density at radius 1 is 0.971 bits per heavy atom. The van der Waals surface area contributed by atoms with Crippen LogP contribution in [0.1, 0.15) is 34.7 Å². The van der Waals surface area contributed by atoms with Crippen LogP contribution >= 0.6 is 11.6 Å². The lowest BCUT2D eigenvalue weighted by Crippen LogP contribution is -2.54. The second-order valence-corrected chi connectivity index (χ2v) is 8.77. The summed E-state index contributed by atoms with van der Waals surface area (Å²) in [5.74, 6) is -1.02. The molecule has 0 spiro atoms. The minimum absolute atomic E-state index is 0.186. The number of carbonyl (C=O) groups excluding carboxylic acids is 3. The molecule has 1 fully saturated rings. The number of urea groups is 1. The Balaban J connectivity index is 1.68. The lowest BCUT2D eigenvalue weighted by molar-refractivity contribution is -0.122. The summed E-state index contributed by atoms with van der Waals surface area (Å²) in [5, 5.41) is 2.69. The van der Waals surface area contributed by atoms with E-state index >= 15 is 0 Å². The summed E-state index contributed by atoms with van der Waals surface area (Å²) in [7, 11) is 0. The number of hydrogen-bond acceptors (Lipinski definition) is 4. The van der Waals surface area contributed by atoms with Gasteiger partial charge in [0.1, 0.15) is 17.9 Å². The van der Waals surface area contributed by atoms with E-state index in [1.165, 1.54) is 11.6 Å². The first-order chi connectivity index (χ1) is 16.8. The first-order valence-electron chi connectivity index (χ1n) is 11.3. The number of rotatable bonds is 6. The molecule has 178 valence electrons. The lowest BCUT2D eigenvalue weighted by atomic mass is 10.0. The van der Waals surface area contributed by atoms with Gasteiger partial charge in [-0.1, -0.05) is 54.9 Å². The molecule has 1 aliphatic rings. The molecule has 0 atom stereocenters. The summed E-state index contributed by atoms with van der Waals surface area (Å²) in [4.78, 5) is 39.6. The molecule has 7 heteroatoms. The zero-order valence-corrected chi connectivity index (χ0v) is 20.5. The van der Waals surface area contributed by atoms with Crippen LogP contribution in [0.5, 0.6) is 5.75 Å². The van der Waals surface area contributed by atoms with E-state index in [-0.39, 0.29) is 5.57 Å². The Kier molecular flexibility index (Phi) is 7.03. The zero-order valence-electron chi connectivity index (χ0n) is 19.7. The normalized spacial score (nSPS) is 14.9. The van der Waals surface area contributed by atoms with E-state index in [0.717, 1.165) is 21.6 Å². The molecular weight excluding hydrogens is 464 g/mol. The summed E-state index contributed by atoms with van der Waals surface area (Å²) in [6.07, 6.45) is 2.03. The van der Waals surface area contributed by atoms with Crippen LogP contribution in [0, 0.1) is 13.8 Å². The lowest BCUT2D eigenvalue weighted by Gasteiger charge is -2.28. The molecule has 0 bridgehead atoms. The van der Waals surface area contributed by atoms with Gasteiger partial charge in [-0.25, -0.2) is 9.69 Å². The average Bonchev–Trinajstić information content (AvgIpc) is 2.83. The third-order valence-electron chi connectivity index (χ3n) is 5.95. The number of hydrogen-bond donors (Lipinski definition) is 1. The van der Waals surface area contributed by atoms with Crippen LogP contribution in [0.3, 0.4) is 0 Å². The van der Waals surface area contributed by atoms with Gasteiger partial charge < -0.3 is 4.74 Å². The molecule has 4 amide bonds. The van der Waals surface area contributed by atoms with Crippen molar-refractivity contribution in [3.05, 3.63) is 99.1 Å². The number of para-hydroxylation sites is 1. The molecule has 35 heavy (non-hydrogen) atoms. The summed E-state index contributed by atoms with van der Waals surface area (Å²) >= 11 is 6.22. The Morgan fingerprint density at radius 3 is 2.49 bits per heavy atom. The maximum atomic E-state index is 13.4. The molecule has 0 radical (unpaired) electrons. The van der Waals surface area contributed by atoms with Crippen molar-refractivity contribution in [3.63, 3.8) is 0 Å². The number of imide groups is 2. The fourth-order valence-corrected chi connectivity index (χ4v) is 4.06. The predicted octanol–water partition coefficient (Wildman–Crippen LogP) is 5.76. The molecule has 0 aliphatic carbocycles. The second-order valence-electron chi connectivity index (χ2n) is 8.33. The smallest absolute Gasteiger partial charge is 0.335 e. The summed E-state index contributed by atoms with van der Waals surface area (Å²) in [5.41, 5.74) is 4.85. The summed E-state index contributed by atoms with van der Waals surface area (Å²) in [6, 6.07) is 17.4. The molecular formula is C28H25ClN2O4. The fourth-order valence-electron chi connectivity index (χ4n) is 3.88. The number of nitrogens with zero attached hydrogens (tertiary/aromatic N) is 1. The predicted molar refractivity (Wildman–Crippen MR) is 137 cm³/mol. The molecule has 4 rings (SSSR count). The van der Waals surface area contributed by atoms with Gasteiger partial charge in [-0.2, -0.15) is 0 Å². The topological polar surface area (TPSA) is 75.7 Å². The first-order valence-corrected chi connectivity index (χ1v) is 11.6. The molecule has 1 N–H and O–H groups in total. The SMILES string of the molecule is CCc1ccccc1N1C(=O)NC(=O)/C(=C/c2cc(Cl)ccc2OCc2ccc(C)c(C)c2)C1=O. The van der Waals surface area contributed by atoms with Gasteiger partial charge in [0.05, 0.1) is 5.69 Å².